The summed E-state index contributed by atoms with van der Waals surface area (Å²) >= 11 is 6.01. The van der Waals surface area contributed by atoms with Crippen molar-refractivity contribution in [3.05, 3.63) is 47.2 Å². The zero-order chi connectivity index (χ0) is 13.1. The van der Waals surface area contributed by atoms with Gasteiger partial charge in [0.05, 0.1) is 13.3 Å². The number of benzene rings is 1. The molecule has 1 heterocycles. The summed E-state index contributed by atoms with van der Waals surface area (Å²) in [5.74, 6) is 0.645. The first-order valence-electron chi connectivity index (χ1n) is 5.41. The summed E-state index contributed by atoms with van der Waals surface area (Å²) in [7, 11) is 1.58. The predicted octanol–water partition coefficient (Wildman–Crippen LogP) is 3.61. The second-order valence-electron chi connectivity index (χ2n) is 3.90. The fourth-order valence-electron chi connectivity index (χ4n) is 1.65. The molecule has 4 heteroatoms. The van der Waals surface area contributed by atoms with Crippen LogP contribution in [0.3, 0.4) is 0 Å². The van der Waals surface area contributed by atoms with E-state index in [9.17, 15) is 4.79 Å². The summed E-state index contributed by atoms with van der Waals surface area (Å²) in [6.45, 7) is 1.51. The molecule has 3 nitrogen and oxygen atoms in total. The molecule has 0 N–H and O–H groups in total. The highest BCUT2D eigenvalue weighted by molar-refractivity contribution is 6.31. The smallest absolute Gasteiger partial charge is 0.159 e. The Labute approximate surface area is 110 Å². The number of Topliss-reactive ketones (excluding diaryl/α,β-unsaturated/α-hetero) is 1. The summed E-state index contributed by atoms with van der Waals surface area (Å²) in [6.07, 6.45) is 3.33. The number of nitrogens with zero attached hydrogens (tertiary/aromatic N) is 1. The van der Waals surface area contributed by atoms with Gasteiger partial charge in [0.2, 0.25) is 0 Å². The fraction of sp³-hybridized carbons (Fsp3) is 0.143. The number of methoxy groups -OCH3 is 1. The number of carbonyl (C=O) groups excluding carboxylic acids is 1. The van der Waals surface area contributed by atoms with Gasteiger partial charge < -0.3 is 4.74 Å². The van der Waals surface area contributed by atoms with Crippen LogP contribution in [0.25, 0.3) is 11.1 Å². The Kier molecular flexibility index (Phi) is 3.63. The molecule has 0 fully saturated rings. The summed E-state index contributed by atoms with van der Waals surface area (Å²) in [6, 6.07) is 7.10. The first-order valence-corrected chi connectivity index (χ1v) is 5.79. The predicted molar refractivity (Wildman–Crippen MR) is 71.2 cm³/mol. The molecule has 0 bridgehead atoms. The summed E-state index contributed by atoms with van der Waals surface area (Å²) in [5, 5.41) is 0.528. The van der Waals surface area contributed by atoms with Crippen LogP contribution in [-0.2, 0) is 0 Å². The molecule has 92 valence electrons. The van der Waals surface area contributed by atoms with E-state index >= 15 is 0 Å². The minimum atomic E-state index is -0.0189. The number of ketones is 1. The molecule has 1 aromatic heterocycles. The van der Waals surface area contributed by atoms with E-state index in [-0.39, 0.29) is 5.78 Å². The molecule has 0 atom stereocenters. The highest BCUT2D eigenvalue weighted by atomic mass is 35.5. The Bertz CT molecular complexity index is 596. The lowest BCUT2D eigenvalue weighted by Gasteiger charge is -2.06. The Morgan fingerprint density at radius 1 is 1.17 bits per heavy atom. The van der Waals surface area contributed by atoms with Crippen LogP contribution < -0.4 is 4.74 Å². The first-order chi connectivity index (χ1) is 8.60. The Balaban J connectivity index is 2.52. The average molecular weight is 262 g/mol. The van der Waals surface area contributed by atoms with Gasteiger partial charge in [-0.25, -0.2) is 0 Å². The fourth-order valence-corrected chi connectivity index (χ4v) is 1.88. The van der Waals surface area contributed by atoms with E-state index in [0.717, 1.165) is 11.1 Å². The molecule has 0 amide bonds. The van der Waals surface area contributed by atoms with Crippen LogP contribution in [0.4, 0.5) is 0 Å². The first kappa shape index (κ1) is 12.6. The second kappa shape index (κ2) is 5.19. The number of halogens is 1. The molecule has 18 heavy (non-hydrogen) atoms. The summed E-state index contributed by atoms with van der Waals surface area (Å²) < 4.78 is 5.12. The standard InChI is InChI=1S/C14H12ClNO2/c1-9(17)10-3-11(5-13(15)4-10)12-6-14(18-2)8-16-7-12/h3-8H,1-2H3. The highest BCUT2D eigenvalue weighted by Gasteiger charge is 2.06. The zero-order valence-electron chi connectivity index (χ0n) is 10.1. The summed E-state index contributed by atoms with van der Waals surface area (Å²) in [5.41, 5.74) is 2.29. The number of hydrogen-bond donors (Lipinski definition) is 0. The van der Waals surface area contributed by atoms with Gasteiger partial charge in [0.15, 0.2) is 5.78 Å². The molecule has 0 aliphatic rings. The van der Waals surface area contributed by atoms with Crippen molar-refractivity contribution in [2.75, 3.05) is 7.11 Å². The molecular formula is C14H12ClNO2. The average Bonchev–Trinajstić information content (AvgIpc) is 2.38. The number of hydrogen-bond acceptors (Lipinski definition) is 3. The molecule has 2 rings (SSSR count). The molecule has 0 aliphatic heterocycles. The van der Waals surface area contributed by atoms with Gasteiger partial charge in [-0.2, -0.15) is 0 Å². The second-order valence-corrected chi connectivity index (χ2v) is 4.33. The maximum atomic E-state index is 11.4. The van der Waals surface area contributed by atoms with Gasteiger partial charge in [0.1, 0.15) is 5.75 Å². The van der Waals surface area contributed by atoms with Crippen LogP contribution in [0.1, 0.15) is 17.3 Å². The third-order valence-corrected chi connectivity index (χ3v) is 2.80. The Morgan fingerprint density at radius 2 is 1.94 bits per heavy atom. The highest BCUT2D eigenvalue weighted by Crippen LogP contribution is 2.26. The van der Waals surface area contributed by atoms with Gasteiger partial charge in [-0.15, -0.1) is 0 Å². The molecule has 2 aromatic rings. The quantitative estimate of drug-likeness (QED) is 0.793. The number of rotatable bonds is 3. The molecule has 0 saturated heterocycles. The van der Waals surface area contributed by atoms with Gasteiger partial charge >= 0.3 is 0 Å². The topological polar surface area (TPSA) is 39.2 Å². The molecule has 0 saturated carbocycles. The Morgan fingerprint density at radius 3 is 2.61 bits per heavy atom. The van der Waals surface area contributed by atoms with Crippen molar-refractivity contribution < 1.29 is 9.53 Å². The lowest BCUT2D eigenvalue weighted by molar-refractivity contribution is 0.101. The lowest BCUT2D eigenvalue weighted by Crippen LogP contribution is -1.93. The van der Waals surface area contributed by atoms with Gasteiger partial charge in [-0.05, 0) is 36.8 Å². The van der Waals surface area contributed by atoms with Crippen molar-refractivity contribution in [1.82, 2.24) is 4.98 Å². The van der Waals surface area contributed by atoms with Gasteiger partial charge in [0.25, 0.3) is 0 Å². The van der Waals surface area contributed by atoms with Crippen LogP contribution in [0.15, 0.2) is 36.7 Å². The largest absolute Gasteiger partial charge is 0.495 e. The zero-order valence-corrected chi connectivity index (χ0v) is 10.9. The van der Waals surface area contributed by atoms with E-state index in [0.29, 0.717) is 16.3 Å². The minimum Gasteiger partial charge on any atom is -0.495 e. The molecule has 0 radical (unpaired) electrons. The SMILES string of the molecule is COc1cncc(-c2cc(Cl)cc(C(C)=O)c2)c1. The molecular weight excluding hydrogens is 250 g/mol. The molecule has 1 aromatic carbocycles. The van der Waals surface area contributed by atoms with Gasteiger partial charge in [0, 0.05) is 22.3 Å². The van der Waals surface area contributed by atoms with Crippen molar-refractivity contribution in [3.63, 3.8) is 0 Å². The van der Waals surface area contributed by atoms with Gasteiger partial charge in [-0.3, -0.25) is 9.78 Å². The van der Waals surface area contributed by atoms with Crippen LogP contribution in [0, 0.1) is 0 Å². The maximum absolute atomic E-state index is 11.4. The normalized spacial score (nSPS) is 10.2. The van der Waals surface area contributed by atoms with Crippen molar-refractivity contribution in [2.45, 2.75) is 6.92 Å². The third-order valence-electron chi connectivity index (χ3n) is 2.59. The molecule has 0 aliphatic carbocycles. The summed E-state index contributed by atoms with van der Waals surface area (Å²) in [4.78, 5) is 15.5. The lowest BCUT2D eigenvalue weighted by atomic mass is 10.0. The third kappa shape index (κ3) is 2.68. The van der Waals surface area contributed by atoms with E-state index in [4.69, 9.17) is 16.3 Å². The monoisotopic (exact) mass is 261 g/mol. The minimum absolute atomic E-state index is 0.0189. The van der Waals surface area contributed by atoms with Crippen LogP contribution >= 0.6 is 11.6 Å². The van der Waals surface area contributed by atoms with E-state index < -0.39 is 0 Å². The van der Waals surface area contributed by atoms with Crippen molar-refractivity contribution >= 4 is 17.4 Å². The number of aromatic nitrogens is 1. The van der Waals surface area contributed by atoms with Crippen molar-refractivity contribution in [1.29, 1.82) is 0 Å². The number of pyridine rings is 1. The van der Waals surface area contributed by atoms with E-state index in [1.807, 2.05) is 6.07 Å². The van der Waals surface area contributed by atoms with Crippen molar-refractivity contribution in [2.24, 2.45) is 0 Å². The number of carbonyl (C=O) groups is 1. The van der Waals surface area contributed by atoms with Crippen LogP contribution in [0.5, 0.6) is 5.75 Å². The number of ether oxygens (including phenoxy) is 1. The van der Waals surface area contributed by atoms with Gasteiger partial charge in [-0.1, -0.05) is 11.6 Å². The van der Waals surface area contributed by atoms with E-state index in [1.54, 1.807) is 37.7 Å². The molecule has 0 unspecified atom stereocenters. The van der Waals surface area contributed by atoms with Crippen LogP contribution in [0.2, 0.25) is 5.02 Å². The molecule has 0 spiro atoms. The van der Waals surface area contributed by atoms with Crippen LogP contribution in [-0.4, -0.2) is 17.9 Å². The van der Waals surface area contributed by atoms with E-state index in [1.165, 1.54) is 6.92 Å². The maximum Gasteiger partial charge on any atom is 0.159 e. The van der Waals surface area contributed by atoms with E-state index in [2.05, 4.69) is 4.98 Å². The van der Waals surface area contributed by atoms with Crippen molar-refractivity contribution in [3.8, 4) is 16.9 Å². The Hall–Kier alpha value is -1.87.